The third kappa shape index (κ3) is 6.32. The standard InChI is InChI=1S/C33H42O/c1-31(16-7-4-8-17-31)22-13-27-25-28(14-23-32(2)18-9-5-10-19-32)30(34)29(26-27)15-24-33(3)20-11-6-12-21-33/h4-12,16,18,20,25-26,34H,13-15,17,19,21-24H2,1-3H3. The van der Waals surface area contributed by atoms with Gasteiger partial charge in [-0.2, -0.15) is 0 Å². The highest BCUT2D eigenvalue weighted by Crippen LogP contribution is 2.39. The summed E-state index contributed by atoms with van der Waals surface area (Å²) in [5.41, 5.74) is 4.22. The van der Waals surface area contributed by atoms with Crippen LogP contribution in [0.2, 0.25) is 0 Å². The molecule has 1 heteroatoms. The molecule has 1 nitrogen and oxygen atoms in total. The zero-order valence-corrected chi connectivity index (χ0v) is 21.4. The molecule has 1 N–H and O–H groups in total. The van der Waals surface area contributed by atoms with Crippen LogP contribution in [-0.2, 0) is 19.3 Å². The third-order valence-corrected chi connectivity index (χ3v) is 8.23. The van der Waals surface area contributed by atoms with E-state index >= 15 is 0 Å². The van der Waals surface area contributed by atoms with E-state index in [-0.39, 0.29) is 16.2 Å². The van der Waals surface area contributed by atoms with E-state index in [1.807, 2.05) is 0 Å². The fourth-order valence-electron chi connectivity index (χ4n) is 5.50. The molecule has 0 heterocycles. The summed E-state index contributed by atoms with van der Waals surface area (Å²) in [6.45, 7) is 7.04. The van der Waals surface area contributed by atoms with Crippen LogP contribution in [0.3, 0.4) is 0 Å². The first-order chi connectivity index (χ1) is 16.3. The monoisotopic (exact) mass is 454 g/mol. The molecule has 0 bridgehead atoms. The average Bonchev–Trinajstić information content (AvgIpc) is 2.83. The van der Waals surface area contributed by atoms with Gasteiger partial charge in [0.2, 0.25) is 0 Å². The Morgan fingerprint density at radius 1 is 0.588 bits per heavy atom. The normalized spacial score (nSPS) is 29.7. The maximum atomic E-state index is 11.3. The van der Waals surface area contributed by atoms with E-state index in [0.29, 0.717) is 5.75 Å². The van der Waals surface area contributed by atoms with Crippen LogP contribution in [0.1, 0.15) is 76.0 Å². The molecule has 3 unspecified atom stereocenters. The number of hydrogen-bond acceptors (Lipinski definition) is 1. The van der Waals surface area contributed by atoms with Gasteiger partial charge in [-0.3, -0.25) is 0 Å². The molecule has 4 rings (SSSR count). The summed E-state index contributed by atoms with van der Waals surface area (Å²) in [6, 6.07) is 4.59. The molecule has 0 radical (unpaired) electrons. The number of allylic oxidation sites excluding steroid dienone is 12. The number of rotatable bonds is 9. The third-order valence-electron chi connectivity index (χ3n) is 8.23. The summed E-state index contributed by atoms with van der Waals surface area (Å²) in [5.74, 6) is 0.535. The number of phenolic OH excluding ortho intramolecular Hbond substituents is 1. The molecule has 3 atom stereocenters. The lowest BCUT2D eigenvalue weighted by Crippen LogP contribution is -2.17. The SMILES string of the molecule is CC1(CCc2cc(CCC3(C)C=CC=CC3)c(O)c(CCC3(C)C=CC=CC3)c2)C=CC=CC1. The van der Waals surface area contributed by atoms with Crippen LogP contribution in [0.25, 0.3) is 0 Å². The van der Waals surface area contributed by atoms with Gasteiger partial charge in [0, 0.05) is 0 Å². The van der Waals surface area contributed by atoms with Crippen LogP contribution in [-0.4, -0.2) is 5.11 Å². The van der Waals surface area contributed by atoms with E-state index in [0.717, 1.165) is 68.9 Å². The molecule has 0 spiro atoms. The summed E-state index contributed by atoms with van der Waals surface area (Å²) in [5, 5.41) is 11.3. The fourth-order valence-corrected chi connectivity index (χ4v) is 5.50. The van der Waals surface area contributed by atoms with Crippen LogP contribution < -0.4 is 0 Å². The Bertz CT molecular complexity index is 987. The van der Waals surface area contributed by atoms with Crippen molar-refractivity contribution in [3.05, 3.63) is 102 Å². The quantitative estimate of drug-likeness (QED) is 0.395. The largest absolute Gasteiger partial charge is 0.507 e. The highest BCUT2D eigenvalue weighted by atomic mass is 16.3. The lowest BCUT2D eigenvalue weighted by molar-refractivity contribution is 0.379. The number of hydrogen-bond donors (Lipinski definition) is 1. The molecule has 180 valence electrons. The second kappa shape index (κ2) is 10.4. The van der Waals surface area contributed by atoms with E-state index in [9.17, 15) is 5.11 Å². The number of phenols is 1. The van der Waals surface area contributed by atoms with Gasteiger partial charge in [-0.15, -0.1) is 0 Å². The predicted octanol–water partition coefficient (Wildman–Crippen LogP) is 8.76. The molecule has 0 aromatic heterocycles. The zero-order chi connectivity index (χ0) is 24.1. The Morgan fingerprint density at radius 3 is 1.32 bits per heavy atom. The summed E-state index contributed by atoms with van der Waals surface area (Å²) < 4.78 is 0. The molecule has 0 fully saturated rings. The molecule has 0 aliphatic heterocycles. The van der Waals surface area contributed by atoms with Gasteiger partial charge in [-0.25, -0.2) is 0 Å². The van der Waals surface area contributed by atoms with Gasteiger partial charge < -0.3 is 5.11 Å². The van der Waals surface area contributed by atoms with E-state index in [4.69, 9.17) is 0 Å². The van der Waals surface area contributed by atoms with Crippen LogP contribution >= 0.6 is 0 Å². The molecule has 34 heavy (non-hydrogen) atoms. The van der Waals surface area contributed by atoms with Gasteiger partial charge in [-0.05, 0) is 90.7 Å². The van der Waals surface area contributed by atoms with Crippen molar-refractivity contribution in [3.63, 3.8) is 0 Å². The molecule has 0 amide bonds. The zero-order valence-electron chi connectivity index (χ0n) is 21.4. The van der Waals surface area contributed by atoms with Crippen LogP contribution in [0.4, 0.5) is 0 Å². The Morgan fingerprint density at radius 2 is 0.971 bits per heavy atom. The van der Waals surface area contributed by atoms with Gasteiger partial charge in [-0.1, -0.05) is 106 Å². The number of benzene rings is 1. The molecule has 0 saturated heterocycles. The Kier molecular flexibility index (Phi) is 7.51. The average molecular weight is 455 g/mol. The molecule has 0 saturated carbocycles. The van der Waals surface area contributed by atoms with Gasteiger partial charge in [0.25, 0.3) is 0 Å². The molecule has 3 aliphatic rings. The highest BCUT2D eigenvalue weighted by Gasteiger charge is 2.25. The number of aromatic hydroxyl groups is 1. The first-order valence-electron chi connectivity index (χ1n) is 13.2. The van der Waals surface area contributed by atoms with Crippen LogP contribution in [0.15, 0.2) is 85.0 Å². The molecule has 1 aromatic rings. The Balaban J connectivity index is 1.53. The number of aryl methyl sites for hydroxylation is 3. The van der Waals surface area contributed by atoms with Gasteiger partial charge in [0.15, 0.2) is 0 Å². The minimum atomic E-state index is 0.177. The summed E-state index contributed by atoms with van der Waals surface area (Å²) >= 11 is 0. The van der Waals surface area contributed by atoms with E-state index in [2.05, 4.69) is 106 Å². The van der Waals surface area contributed by atoms with E-state index in [1.165, 1.54) is 5.56 Å². The van der Waals surface area contributed by atoms with E-state index < -0.39 is 0 Å². The predicted molar refractivity (Wildman–Crippen MR) is 146 cm³/mol. The van der Waals surface area contributed by atoms with Crippen molar-refractivity contribution in [2.45, 2.75) is 78.6 Å². The van der Waals surface area contributed by atoms with Gasteiger partial charge in [0.05, 0.1) is 0 Å². The second-order valence-corrected chi connectivity index (χ2v) is 11.7. The first kappa shape index (κ1) is 24.6. The van der Waals surface area contributed by atoms with Crippen molar-refractivity contribution in [3.8, 4) is 5.75 Å². The van der Waals surface area contributed by atoms with Crippen LogP contribution in [0.5, 0.6) is 5.75 Å². The van der Waals surface area contributed by atoms with Gasteiger partial charge in [0.1, 0.15) is 5.75 Å². The molecule has 3 aliphatic carbocycles. The highest BCUT2D eigenvalue weighted by molar-refractivity contribution is 5.44. The van der Waals surface area contributed by atoms with Crippen molar-refractivity contribution < 1.29 is 5.11 Å². The van der Waals surface area contributed by atoms with E-state index in [1.54, 1.807) is 0 Å². The van der Waals surface area contributed by atoms with Crippen molar-refractivity contribution in [1.82, 2.24) is 0 Å². The Hall–Kier alpha value is -2.54. The van der Waals surface area contributed by atoms with Crippen molar-refractivity contribution in [2.24, 2.45) is 16.2 Å². The minimum Gasteiger partial charge on any atom is -0.507 e. The molecular weight excluding hydrogens is 412 g/mol. The lowest BCUT2D eigenvalue weighted by Gasteiger charge is -2.29. The molecule has 1 aromatic carbocycles. The van der Waals surface area contributed by atoms with Crippen molar-refractivity contribution in [1.29, 1.82) is 0 Å². The minimum absolute atomic E-state index is 0.177. The van der Waals surface area contributed by atoms with Crippen molar-refractivity contribution >= 4 is 0 Å². The summed E-state index contributed by atoms with van der Waals surface area (Å²) in [4.78, 5) is 0. The van der Waals surface area contributed by atoms with Crippen molar-refractivity contribution in [2.75, 3.05) is 0 Å². The fraction of sp³-hybridized carbons (Fsp3) is 0.455. The Labute approximate surface area is 207 Å². The van der Waals surface area contributed by atoms with Crippen LogP contribution in [0, 0.1) is 16.2 Å². The van der Waals surface area contributed by atoms with Gasteiger partial charge >= 0.3 is 0 Å². The first-order valence-corrected chi connectivity index (χ1v) is 13.2. The topological polar surface area (TPSA) is 20.2 Å². The summed E-state index contributed by atoms with van der Waals surface area (Å²) in [6.07, 6.45) is 36.2. The molecular formula is C33H42O. The second-order valence-electron chi connectivity index (χ2n) is 11.7. The smallest absolute Gasteiger partial charge is 0.121 e. The summed E-state index contributed by atoms with van der Waals surface area (Å²) in [7, 11) is 0. The maximum absolute atomic E-state index is 11.3. The lowest BCUT2D eigenvalue weighted by atomic mass is 9.76. The maximum Gasteiger partial charge on any atom is 0.121 e.